The summed E-state index contributed by atoms with van der Waals surface area (Å²) >= 11 is 0. The number of halogens is 3. The van der Waals surface area contributed by atoms with Crippen LogP contribution in [0.3, 0.4) is 0 Å². The van der Waals surface area contributed by atoms with Crippen molar-refractivity contribution in [1.82, 2.24) is 28.7 Å². The van der Waals surface area contributed by atoms with E-state index < -0.39 is 96.0 Å². The number of aromatic nitrogens is 6. The lowest BCUT2D eigenvalue weighted by Crippen LogP contribution is -2.27. The fourth-order valence-electron chi connectivity index (χ4n) is 5.64. The number of aryl methyl sites for hydroxylation is 3. The highest BCUT2D eigenvalue weighted by Gasteiger charge is 2.25. The van der Waals surface area contributed by atoms with Crippen molar-refractivity contribution in [1.29, 1.82) is 0 Å². The van der Waals surface area contributed by atoms with Crippen LogP contribution in [0.25, 0.3) is 0 Å². The predicted octanol–water partition coefficient (Wildman–Crippen LogP) is 4.91. The first-order valence-electron chi connectivity index (χ1n) is 18.9. The van der Waals surface area contributed by atoms with E-state index in [1.54, 1.807) is 13.8 Å². The number of hydrogen-bond acceptors (Lipinski definition) is 12. The van der Waals surface area contributed by atoms with Gasteiger partial charge in [-0.05, 0) is 61.7 Å². The molecule has 3 heterocycles. The molecule has 0 radical (unpaired) electrons. The van der Waals surface area contributed by atoms with Crippen LogP contribution in [0.15, 0.2) is 139 Å². The first kappa shape index (κ1) is 48.6. The number of sulfone groups is 3. The van der Waals surface area contributed by atoms with Gasteiger partial charge in [0.15, 0.2) is 0 Å². The molecule has 0 saturated heterocycles. The number of benzene rings is 3. The van der Waals surface area contributed by atoms with Crippen LogP contribution in [0, 0.1) is 17.5 Å². The van der Waals surface area contributed by atoms with Crippen molar-refractivity contribution in [3.8, 4) is 0 Å². The summed E-state index contributed by atoms with van der Waals surface area (Å²) in [6.07, 6.45) is 9.78. The first-order valence-corrected chi connectivity index (χ1v) is 23.9. The molecular formula is C41H43F3N6O9S3. The molecule has 0 atom stereocenters. The minimum atomic E-state index is -3.98. The van der Waals surface area contributed by atoms with Gasteiger partial charge in [0, 0.05) is 62.4 Å². The van der Waals surface area contributed by atoms with Gasteiger partial charge >= 0.3 is 0 Å². The van der Waals surface area contributed by atoms with Gasteiger partial charge in [-0.3, -0.25) is 14.4 Å². The third-order valence-electron chi connectivity index (χ3n) is 8.76. The molecule has 3 aromatic heterocycles. The van der Waals surface area contributed by atoms with Crippen LogP contribution < -0.4 is 16.7 Å². The Kier molecular flexibility index (Phi) is 17.0. The van der Waals surface area contributed by atoms with Gasteiger partial charge in [-0.2, -0.15) is 0 Å². The quantitative estimate of drug-likeness (QED) is 0.143. The summed E-state index contributed by atoms with van der Waals surface area (Å²) in [6, 6.07) is 16.1. The van der Waals surface area contributed by atoms with Crippen LogP contribution in [-0.4, -0.2) is 53.9 Å². The minimum absolute atomic E-state index is 0.0144. The van der Waals surface area contributed by atoms with Crippen molar-refractivity contribution < 1.29 is 38.4 Å². The maximum absolute atomic E-state index is 13.5. The molecule has 0 amide bonds. The summed E-state index contributed by atoms with van der Waals surface area (Å²) in [4.78, 5) is 47.2. The second kappa shape index (κ2) is 21.6. The lowest BCUT2D eigenvalue weighted by molar-refractivity contribution is 0.570. The van der Waals surface area contributed by atoms with Crippen LogP contribution in [-0.2, 0) is 66.4 Å². The van der Waals surface area contributed by atoms with E-state index in [9.17, 15) is 52.8 Å². The standard InChI is InChI=1S/C15H17FN2O3S.2C13H13FN2O3S/c1-2-3-8-18-9-7-17-14(15(18)19)22(20,21)11-12-5-4-6-13(16)10-12;1-2-16-7-6-15-12(13(16)17)20(18,19)9-10-4-3-5-11(14)8-10;1-2-16-8-7-15-12(13(16)17)20(18,19)9-10-5-3-4-6-11(10)14/h4-7,9-10H,2-3,8,11H2,1H3;2*3-8H,2,9H2,1H3. The van der Waals surface area contributed by atoms with Crippen LogP contribution in [0.5, 0.6) is 0 Å². The molecule has 330 valence electrons. The molecule has 0 aliphatic carbocycles. The SMILES string of the molecule is CCCCn1ccnc(S(=O)(=O)Cc2cccc(F)c2)c1=O.CCn1ccnc(S(=O)(=O)Cc2cccc(F)c2)c1=O.CCn1ccnc(S(=O)(=O)Cc2ccccc2F)c1=O. The zero-order valence-electron chi connectivity index (χ0n) is 33.8. The van der Waals surface area contributed by atoms with Crippen molar-refractivity contribution in [2.45, 2.75) is 85.6 Å². The lowest BCUT2D eigenvalue weighted by atomic mass is 10.2. The third kappa shape index (κ3) is 13.0. The molecule has 0 aliphatic rings. The molecule has 0 unspecified atom stereocenters. The molecule has 0 bridgehead atoms. The second-order valence-corrected chi connectivity index (χ2v) is 19.1. The number of hydrogen-bond donors (Lipinski definition) is 0. The molecule has 6 aromatic rings. The van der Waals surface area contributed by atoms with Gasteiger partial charge in [-0.25, -0.2) is 53.4 Å². The lowest BCUT2D eigenvalue weighted by Gasteiger charge is -2.07. The number of unbranched alkanes of at least 4 members (excludes halogenated alkanes) is 1. The Morgan fingerprint density at radius 1 is 0.516 bits per heavy atom. The average Bonchev–Trinajstić information content (AvgIpc) is 3.21. The summed E-state index contributed by atoms with van der Waals surface area (Å²) in [5.74, 6) is -3.16. The van der Waals surface area contributed by atoms with Gasteiger partial charge in [0.2, 0.25) is 44.6 Å². The maximum Gasteiger partial charge on any atom is 0.288 e. The van der Waals surface area contributed by atoms with Gasteiger partial charge in [-0.15, -0.1) is 0 Å². The molecule has 0 saturated carbocycles. The fourth-order valence-corrected chi connectivity index (χ4v) is 9.75. The highest BCUT2D eigenvalue weighted by molar-refractivity contribution is 7.91. The smallest absolute Gasteiger partial charge is 0.288 e. The maximum atomic E-state index is 13.5. The van der Waals surface area contributed by atoms with E-state index in [0.717, 1.165) is 25.0 Å². The van der Waals surface area contributed by atoms with Crippen molar-refractivity contribution in [3.05, 3.63) is 175 Å². The average molecular weight is 917 g/mol. The molecule has 15 nitrogen and oxygen atoms in total. The van der Waals surface area contributed by atoms with E-state index in [-0.39, 0.29) is 16.7 Å². The Balaban J connectivity index is 0.000000205. The topological polar surface area (TPSA) is 207 Å². The van der Waals surface area contributed by atoms with Crippen LogP contribution in [0.1, 0.15) is 50.3 Å². The highest BCUT2D eigenvalue weighted by Crippen LogP contribution is 2.16. The van der Waals surface area contributed by atoms with Gasteiger partial charge in [0.05, 0.1) is 17.3 Å². The van der Waals surface area contributed by atoms with Gasteiger partial charge in [0.1, 0.15) is 17.5 Å². The molecular weight excluding hydrogens is 874 g/mol. The van der Waals surface area contributed by atoms with E-state index in [0.29, 0.717) is 19.6 Å². The van der Waals surface area contributed by atoms with E-state index in [1.807, 2.05) is 6.92 Å². The Morgan fingerprint density at radius 2 is 0.919 bits per heavy atom. The molecule has 0 aliphatic heterocycles. The molecule has 21 heteroatoms. The summed E-state index contributed by atoms with van der Waals surface area (Å²) in [5, 5.41) is -1.55. The summed E-state index contributed by atoms with van der Waals surface area (Å²) in [6.45, 7) is 6.56. The van der Waals surface area contributed by atoms with Crippen molar-refractivity contribution in [2.75, 3.05) is 0 Å². The van der Waals surface area contributed by atoms with Gasteiger partial charge in [-0.1, -0.05) is 55.8 Å². The Hall–Kier alpha value is -6.06. The fraction of sp³-hybridized carbons (Fsp3) is 0.268. The third-order valence-corrected chi connectivity index (χ3v) is 13.5. The van der Waals surface area contributed by atoms with Crippen molar-refractivity contribution in [2.24, 2.45) is 0 Å². The van der Waals surface area contributed by atoms with E-state index in [4.69, 9.17) is 0 Å². The molecule has 62 heavy (non-hydrogen) atoms. The van der Waals surface area contributed by atoms with E-state index >= 15 is 0 Å². The number of rotatable bonds is 14. The molecule has 3 aromatic carbocycles. The summed E-state index contributed by atoms with van der Waals surface area (Å²) in [5.41, 5.74) is -1.41. The van der Waals surface area contributed by atoms with Crippen LogP contribution >= 0.6 is 0 Å². The molecule has 6 rings (SSSR count). The molecule has 0 fully saturated rings. The second-order valence-electron chi connectivity index (χ2n) is 13.4. The minimum Gasteiger partial charge on any atom is -0.312 e. The molecule has 0 N–H and O–H groups in total. The molecule has 0 spiro atoms. The van der Waals surface area contributed by atoms with E-state index in [2.05, 4.69) is 15.0 Å². The number of nitrogens with zero attached hydrogens (tertiary/aromatic N) is 6. The van der Waals surface area contributed by atoms with Crippen molar-refractivity contribution in [3.63, 3.8) is 0 Å². The van der Waals surface area contributed by atoms with Gasteiger partial charge < -0.3 is 13.7 Å². The largest absolute Gasteiger partial charge is 0.312 e. The first-order chi connectivity index (χ1) is 29.3. The van der Waals surface area contributed by atoms with Crippen LogP contribution in [0.2, 0.25) is 0 Å². The zero-order chi connectivity index (χ0) is 45.7. The Morgan fingerprint density at radius 3 is 1.32 bits per heavy atom. The Bertz CT molecular complexity index is 3030. The zero-order valence-corrected chi connectivity index (χ0v) is 36.2. The predicted molar refractivity (Wildman–Crippen MR) is 224 cm³/mol. The summed E-state index contributed by atoms with van der Waals surface area (Å²) in [7, 11) is -11.8. The summed E-state index contributed by atoms with van der Waals surface area (Å²) < 4.78 is 117. The van der Waals surface area contributed by atoms with Crippen molar-refractivity contribution >= 4 is 29.5 Å². The Labute approximate surface area is 356 Å². The monoisotopic (exact) mass is 916 g/mol. The normalized spacial score (nSPS) is 11.5. The van der Waals surface area contributed by atoms with Gasteiger partial charge in [0.25, 0.3) is 16.7 Å². The van der Waals surface area contributed by atoms with Crippen LogP contribution in [0.4, 0.5) is 13.2 Å². The highest BCUT2D eigenvalue weighted by atomic mass is 32.2. The van der Waals surface area contributed by atoms with E-state index in [1.165, 1.54) is 112 Å².